The van der Waals surface area contributed by atoms with Crippen LogP contribution in [0.5, 0.6) is 0 Å². The van der Waals surface area contributed by atoms with Gasteiger partial charge in [-0.3, -0.25) is 14.7 Å². The van der Waals surface area contributed by atoms with E-state index in [-0.39, 0.29) is 5.91 Å². The van der Waals surface area contributed by atoms with Crippen LogP contribution in [-0.4, -0.2) is 52.0 Å². The quantitative estimate of drug-likeness (QED) is 0.863. The number of amides is 1. The zero-order valence-corrected chi connectivity index (χ0v) is 13.0. The molecule has 4 rings (SSSR count). The average molecular weight is 312 g/mol. The molecular weight excluding hydrogens is 292 g/mol. The van der Waals surface area contributed by atoms with Crippen molar-refractivity contribution in [3.63, 3.8) is 0 Å². The maximum atomic E-state index is 12.5. The van der Waals surface area contributed by atoms with E-state index in [2.05, 4.69) is 15.0 Å². The van der Waals surface area contributed by atoms with Gasteiger partial charge < -0.3 is 9.42 Å². The highest BCUT2D eigenvalue weighted by atomic mass is 16.5. The van der Waals surface area contributed by atoms with Crippen LogP contribution in [0.4, 0.5) is 0 Å². The Balaban J connectivity index is 1.32. The molecular formula is C17H20N4O2. The van der Waals surface area contributed by atoms with Crippen LogP contribution in [0.3, 0.4) is 0 Å². The van der Waals surface area contributed by atoms with Crippen LogP contribution in [0.15, 0.2) is 35.0 Å². The smallest absolute Gasteiger partial charge is 0.292 e. The van der Waals surface area contributed by atoms with E-state index in [9.17, 15) is 4.79 Å². The number of hydrogen-bond donors (Lipinski definition) is 0. The molecule has 1 amide bonds. The molecule has 0 bridgehead atoms. The maximum absolute atomic E-state index is 12.5. The molecule has 1 saturated carbocycles. The van der Waals surface area contributed by atoms with Crippen molar-refractivity contribution in [2.24, 2.45) is 0 Å². The number of rotatable bonds is 4. The second-order valence-electron chi connectivity index (χ2n) is 6.28. The molecule has 2 aromatic heterocycles. The fourth-order valence-electron chi connectivity index (χ4n) is 2.95. The standard InChI is InChI=1S/C17H20N4O2/c22-17(16-11-15(19-23-16)13-4-5-13)21-9-7-20(8-10-21)12-14-3-1-2-6-18-14/h1-3,6,11,13H,4-5,7-10,12H2. The van der Waals surface area contributed by atoms with Crippen molar-refractivity contribution >= 4 is 5.91 Å². The van der Waals surface area contributed by atoms with Crippen molar-refractivity contribution in [3.8, 4) is 0 Å². The molecule has 2 fully saturated rings. The SMILES string of the molecule is O=C(c1cc(C2CC2)no1)N1CCN(Cc2ccccn2)CC1. The van der Waals surface area contributed by atoms with Gasteiger partial charge in [0.15, 0.2) is 0 Å². The van der Waals surface area contributed by atoms with Crippen LogP contribution in [0.1, 0.15) is 40.7 Å². The van der Waals surface area contributed by atoms with Gasteiger partial charge in [-0.2, -0.15) is 0 Å². The Kier molecular flexibility index (Phi) is 3.83. The Hall–Kier alpha value is -2.21. The molecule has 2 aliphatic rings. The van der Waals surface area contributed by atoms with E-state index in [4.69, 9.17) is 4.52 Å². The normalized spacial score (nSPS) is 19.0. The fourth-order valence-corrected chi connectivity index (χ4v) is 2.95. The van der Waals surface area contributed by atoms with Crippen molar-refractivity contribution in [3.05, 3.63) is 47.6 Å². The van der Waals surface area contributed by atoms with E-state index >= 15 is 0 Å². The van der Waals surface area contributed by atoms with Gasteiger partial charge in [0, 0.05) is 50.9 Å². The molecule has 0 atom stereocenters. The Bertz CT molecular complexity index is 673. The van der Waals surface area contributed by atoms with Crippen molar-refractivity contribution in [1.82, 2.24) is 19.9 Å². The molecule has 6 heteroatoms. The number of carbonyl (C=O) groups is 1. The summed E-state index contributed by atoms with van der Waals surface area (Å²) in [6, 6.07) is 7.78. The molecule has 0 N–H and O–H groups in total. The number of carbonyl (C=O) groups excluding carboxylic acids is 1. The van der Waals surface area contributed by atoms with Crippen molar-refractivity contribution < 1.29 is 9.32 Å². The third-order valence-electron chi connectivity index (χ3n) is 4.51. The minimum atomic E-state index is -0.0399. The molecule has 1 aliphatic carbocycles. The van der Waals surface area contributed by atoms with Crippen molar-refractivity contribution in [2.75, 3.05) is 26.2 Å². The highest BCUT2D eigenvalue weighted by molar-refractivity contribution is 5.91. The topological polar surface area (TPSA) is 62.5 Å². The minimum Gasteiger partial charge on any atom is -0.351 e. The maximum Gasteiger partial charge on any atom is 0.292 e. The third-order valence-corrected chi connectivity index (χ3v) is 4.51. The summed E-state index contributed by atoms with van der Waals surface area (Å²) in [6.07, 6.45) is 4.13. The largest absolute Gasteiger partial charge is 0.351 e. The monoisotopic (exact) mass is 312 g/mol. The summed E-state index contributed by atoms with van der Waals surface area (Å²) in [4.78, 5) is 21.0. The first-order valence-corrected chi connectivity index (χ1v) is 8.18. The number of pyridine rings is 1. The first-order chi connectivity index (χ1) is 11.3. The van der Waals surface area contributed by atoms with E-state index in [0.29, 0.717) is 24.8 Å². The zero-order chi connectivity index (χ0) is 15.6. The fraction of sp³-hybridized carbons (Fsp3) is 0.471. The van der Waals surface area contributed by atoms with Crippen LogP contribution in [-0.2, 0) is 6.54 Å². The van der Waals surface area contributed by atoms with Gasteiger partial charge in [-0.1, -0.05) is 11.2 Å². The van der Waals surface area contributed by atoms with E-state index in [0.717, 1.165) is 43.9 Å². The molecule has 3 heterocycles. The first-order valence-electron chi connectivity index (χ1n) is 8.18. The first kappa shape index (κ1) is 14.4. The lowest BCUT2D eigenvalue weighted by Gasteiger charge is -2.33. The molecule has 6 nitrogen and oxygen atoms in total. The van der Waals surface area contributed by atoms with E-state index in [1.54, 1.807) is 0 Å². The summed E-state index contributed by atoms with van der Waals surface area (Å²) >= 11 is 0. The van der Waals surface area contributed by atoms with Gasteiger partial charge in [0.05, 0.1) is 11.4 Å². The lowest BCUT2D eigenvalue weighted by atomic mass is 10.2. The molecule has 0 radical (unpaired) electrons. The lowest BCUT2D eigenvalue weighted by Crippen LogP contribution is -2.48. The second kappa shape index (κ2) is 6.12. The Morgan fingerprint density at radius 2 is 2.04 bits per heavy atom. The zero-order valence-electron chi connectivity index (χ0n) is 13.0. The van der Waals surface area contributed by atoms with Gasteiger partial charge in [-0.05, 0) is 25.0 Å². The third kappa shape index (κ3) is 3.27. The van der Waals surface area contributed by atoms with Crippen LogP contribution < -0.4 is 0 Å². The van der Waals surface area contributed by atoms with E-state index < -0.39 is 0 Å². The highest BCUT2D eigenvalue weighted by Gasteiger charge is 2.30. The van der Waals surface area contributed by atoms with Gasteiger partial charge in [-0.25, -0.2) is 0 Å². The molecule has 0 aromatic carbocycles. The van der Waals surface area contributed by atoms with Crippen molar-refractivity contribution in [1.29, 1.82) is 0 Å². The van der Waals surface area contributed by atoms with Crippen LogP contribution in [0.2, 0.25) is 0 Å². The van der Waals surface area contributed by atoms with Crippen LogP contribution in [0.25, 0.3) is 0 Å². The van der Waals surface area contributed by atoms with Gasteiger partial charge in [0.2, 0.25) is 5.76 Å². The molecule has 0 spiro atoms. The lowest BCUT2D eigenvalue weighted by molar-refractivity contribution is 0.0587. The Labute approximate surface area is 135 Å². The molecule has 1 saturated heterocycles. The molecule has 23 heavy (non-hydrogen) atoms. The van der Waals surface area contributed by atoms with Crippen LogP contribution >= 0.6 is 0 Å². The summed E-state index contributed by atoms with van der Waals surface area (Å²) in [5.41, 5.74) is 2.00. The molecule has 2 aromatic rings. The van der Waals surface area contributed by atoms with Gasteiger partial charge in [0.1, 0.15) is 0 Å². The Morgan fingerprint density at radius 1 is 1.22 bits per heavy atom. The van der Waals surface area contributed by atoms with E-state index in [1.807, 2.05) is 35.4 Å². The molecule has 120 valence electrons. The molecule has 1 aliphatic heterocycles. The number of aromatic nitrogens is 2. The van der Waals surface area contributed by atoms with Gasteiger partial charge >= 0.3 is 0 Å². The predicted molar refractivity (Wildman–Crippen MR) is 83.9 cm³/mol. The van der Waals surface area contributed by atoms with Crippen LogP contribution in [0, 0.1) is 0 Å². The summed E-state index contributed by atoms with van der Waals surface area (Å²) in [5.74, 6) is 0.850. The average Bonchev–Trinajstić information content (AvgIpc) is 3.33. The summed E-state index contributed by atoms with van der Waals surface area (Å²) in [5, 5.41) is 4.02. The van der Waals surface area contributed by atoms with E-state index in [1.165, 1.54) is 0 Å². The van der Waals surface area contributed by atoms with Gasteiger partial charge in [-0.15, -0.1) is 0 Å². The summed E-state index contributed by atoms with van der Waals surface area (Å²) in [7, 11) is 0. The van der Waals surface area contributed by atoms with Gasteiger partial charge in [0.25, 0.3) is 5.91 Å². The summed E-state index contributed by atoms with van der Waals surface area (Å²) in [6.45, 7) is 3.96. The second-order valence-corrected chi connectivity index (χ2v) is 6.28. The highest BCUT2D eigenvalue weighted by Crippen LogP contribution is 2.39. The molecule has 0 unspecified atom stereocenters. The minimum absolute atomic E-state index is 0.0399. The summed E-state index contributed by atoms with van der Waals surface area (Å²) < 4.78 is 5.24. The number of hydrogen-bond acceptors (Lipinski definition) is 5. The number of nitrogens with zero attached hydrogens (tertiary/aromatic N) is 4. The number of piperazine rings is 1. The Morgan fingerprint density at radius 3 is 2.74 bits per heavy atom. The predicted octanol–water partition coefficient (Wildman–Crippen LogP) is 1.91. The van der Waals surface area contributed by atoms with Crippen molar-refractivity contribution in [2.45, 2.75) is 25.3 Å².